The van der Waals surface area contributed by atoms with Crippen LogP contribution in [0.3, 0.4) is 0 Å². The van der Waals surface area contributed by atoms with Crippen molar-refractivity contribution in [2.45, 2.75) is 26.7 Å². The van der Waals surface area contributed by atoms with E-state index in [0.717, 1.165) is 17.7 Å². The van der Waals surface area contributed by atoms with Crippen molar-refractivity contribution in [2.75, 3.05) is 22.9 Å². The summed E-state index contributed by atoms with van der Waals surface area (Å²) in [4.78, 5) is 28.9. The third-order valence-electron chi connectivity index (χ3n) is 4.64. The first-order valence-corrected chi connectivity index (χ1v) is 8.93. The van der Waals surface area contributed by atoms with Crippen molar-refractivity contribution in [3.05, 3.63) is 59.9 Å². The van der Waals surface area contributed by atoms with E-state index < -0.39 is 0 Å². The lowest BCUT2D eigenvalue weighted by Crippen LogP contribution is -2.38. The van der Waals surface area contributed by atoms with Crippen LogP contribution in [0.2, 0.25) is 0 Å². The summed E-state index contributed by atoms with van der Waals surface area (Å²) in [6, 6.07) is 13.6. The molecule has 1 heterocycles. The van der Waals surface area contributed by atoms with Gasteiger partial charge in [0, 0.05) is 30.9 Å². The van der Waals surface area contributed by atoms with Crippen LogP contribution in [0.15, 0.2) is 48.5 Å². The number of carbonyl (C=O) groups excluding carboxylic acids is 2. The Morgan fingerprint density at radius 3 is 2.62 bits per heavy atom. The molecule has 1 unspecified atom stereocenters. The van der Waals surface area contributed by atoms with Crippen molar-refractivity contribution < 1.29 is 14.0 Å². The molecule has 1 aliphatic rings. The van der Waals surface area contributed by atoms with Crippen LogP contribution in [-0.2, 0) is 9.59 Å². The van der Waals surface area contributed by atoms with Crippen LogP contribution in [-0.4, -0.2) is 24.9 Å². The molecule has 136 valence electrons. The van der Waals surface area contributed by atoms with E-state index in [1.807, 2.05) is 38.1 Å². The number of rotatable bonds is 5. The highest BCUT2D eigenvalue weighted by Gasteiger charge is 2.37. The van der Waals surface area contributed by atoms with Gasteiger partial charge in [-0.15, -0.1) is 0 Å². The van der Waals surface area contributed by atoms with Gasteiger partial charge in [-0.2, -0.15) is 0 Å². The van der Waals surface area contributed by atoms with E-state index in [9.17, 15) is 14.0 Å². The minimum absolute atomic E-state index is 0.0320. The normalized spacial score (nSPS) is 16.8. The molecule has 0 saturated carbocycles. The van der Waals surface area contributed by atoms with E-state index in [-0.39, 0.29) is 30.0 Å². The van der Waals surface area contributed by atoms with Crippen molar-refractivity contribution >= 4 is 23.2 Å². The third kappa shape index (κ3) is 3.77. The number of anilines is 2. The van der Waals surface area contributed by atoms with Crippen LogP contribution in [0.25, 0.3) is 0 Å². The lowest BCUT2D eigenvalue weighted by atomic mass is 10.1. The Morgan fingerprint density at radius 1 is 1.23 bits per heavy atom. The molecule has 0 N–H and O–H groups in total. The lowest BCUT2D eigenvalue weighted by molar-refractivity contribution is -0.124. The van der Waals surface area contributed by atoms with Gasteiger partial charge in [0.1, 0.15) is 5.82 Å². The predicted molar refractivity (Wildman–Crippen MR) is 101 cm³/mol. The van der Waals surface area contributed by atoms with Gasteiger partial charge >= 0.3 is 0 Å². The standard InChI is InChI=1S/C21H23FN2O2/c1-3-11-23(19-6-4-5-15(2)12-19)21(26)16-13-20(25)24(14-16)18-9-7-17(22)8-10-18/h4-10,12,16H,3,11,13-14H2,1-2H3. The second-order valence-electron chi connectivity index (χ2n) is 6.71. The van der Waals surface area contributed by atoms with Gasteiger partial charge in [0.05, 0.1) is 5.92 Å². The second kappa shape index (κ2) is 7.68. The average molecular weight is 354 g/mol. The zero-order valence-electron chi connectivity index (χ0n) is 15.1. The first-order valence-electron chi connectivity index (χ1n) is 8.93. The largest absolute Gasteiger partial charge is 0.312 e. The van der Waals surface area contributed by atoms with Crippen LogP contribution in [0.4, 0.5) is 15.8 Å². The molecule has 0 spiro atoms. The smallest absolute Gasteiger partial charge is 0.232 e. The van der Waals surface area contributed by atoms with Crippen LogP contribution in [0, 0.1) is 18.7 Å². The fourth-order valence-electron chi connectivity index (χ4n) is 3.35. The quantitative estimate of drug-likeness (QED) is 0.816. The van der Waals surface area contributed by atoms with Crippen molar-refractivity contribution in [3.63, 3.8) is 0 Å². The molecule has 2 aromatic carbocycles. The Bertz CT molecular complexity index is 804. The monoisotopic (exact) mass is 354 g/mol. The first kappa shape index (κ1) is 18.1. The SMILES string of the molecule is CCCN(C(=O)C1CC(=O)N(c2ccc(F)cc2)C1)c1cccc(C)c1. The summed E-state index contributed by atoms with van der Waals surface area (Å²) in [5, 5.41) is 0. The van der Waals surface area contributed by atoms with Gasteiger partial charge < -0.3 is 9.80 Å². The van der Waals surface area contributed by atoms with Crippen molar-refractivity contribution in [1.29, 1.82) is 0 Å². The third-order valence-corrected chi connectivity index (χ3v) is 4.64. The van der Waals surface area contributed by atoms with E-state index in [1.165, 1.54) is 12.1 Å². The molecule has 0 bridgehead atoms. The summed E-state index contributed by atoms with van der Waals surface area (Å²) in [6.45, 7) is 4.97. The molecule has 2 amide bonds. The molecule has 1 saturated heterocycles. The van der Waals surface area contributed by atoms with E-state index in [0.29, 0.717) is 18.8 Å². The van der Waals surface area contributed by atoms with Gasteiger partial charge in [-0.3, -0.25) is 9.59 Å². The number of hydrogen-bond acceptors (Lipinski definition) is 2. The van der Waals surface area contributed by atoms with Gasteiger partial charge in [-0.1, -0.05) is 19.1 Å². The minimum atomic E-state index is -0.389. The van der Waals surface area contributed by atoms with Crippen LogP contribution >= 0.6 is 0 Å². The molecule has 4 nitrogen and oxygen atoms in total. The fourth-order valence-corrected chi connectivity index (χ4v) is 3.35. The Kier molecular flexibility index (Phi) is 5.35. The molecule has 1 atom stereocenters. The molecule has 26 heavy (non-hydrogen) atoms. The number of halogens is 1. The van der Waals surface area contributed by atoms with Crippen LogP contribution < -0.4 is 9.80 Å². The number of carbonyl (C=O) groups is 2. The summed E-state index contributed by atoms with van der Waals surface area (Å²) in [5.74, 6) is -0.868. The molecule has 1 aliphatic heterocycles. The Morgan fingerprint density at radius 2 is 1.96 bits per heavy atom. The van der Waals surface area contributed by atoms with Crippen molar-refractivity contribution in [1.82, 2.24) is 0 Å². The summed E-state index contributed by atoms with van der Waals surface area (Å²) >= 11 is 0. The zero-order valence-corrected chi connectivity index (χ0v) is 15.1. The highest BCUT2D eigenvalue weighted by atomic mass is 19.1. The topological polar surface area (TPSA) is 40.6 Å². The van der Waals surface area contributed by atoms with E-state index in [2.05, 4.69) is 0 Å². The minimum Gasteiger partial charge on any atom is -0.312 e. The van der Waals surface area contributed by atoms with Crippen molar-refractivity contribution in [2.24, 2.45) is 5.92 Å². The lowest BCUT2D eigenvalue weighted by Gasteiger charge is -2.25. The highest BCUT2D eigenvalue weighted by Crippen LogP contribution is 2.28. The molecular weight excluding hydrogens is 331 g/mol. The van der Waals surface area contributed by atoms with Gasteiger partial charge in [0.25, 0.3) is 0 Å². The number of nitrogens with zero attached hydrogens (tertiary/aromatic N) is 2. The Labute approximate surface area is 153 Å². The summed E-state index contributed by atoms with van der Waals surface area (Å²) in [6.07, 6.45) is 1.02. The van der Waals surface area contributed by atoms with E-state index in [1.54, 1.807) is 21.9 Å². The van der Waals surface area contributed by atoms with Gasteiger partial charge in [-0.25, -0.2) is 4.39 Å². The highest BCUT2D eigenvalue weighted by molar-refractivity contribution is 6.04. The molecule has 0 aromatic heterocycles. The van der Waals surface area contributed by atoms with Crippen LogP contribution in [0.5, 0.6) is 0 Å². The molecule has 0 radical (unpaired) electrons. The van der Waals surface area contributed by atoms with Gasteiger partial charge in [0.15, 0.2) is 0 Å². The Hall–Kier alpha value is -2.69. The van der Waals surface area contributed by atoms with E-state index in [4.69, 9.17) is 0 Å². The fraction of sp³-hybridized carbons (Fsp3) is 0.333. The maximum Gasteiger partial charge on any atom is 0.232 e. The zero-order chi connectivity index (χ0) is 18.7. The maximum atomic E-state index is 13.1. The molecule has 0 aliphatic carbocycles. The maximum absolute atomic E-state index is 13.1. The average Bonchev–Trinajstić information content (AvgIpc) is 3.01. The van der Waals surface area contributed by atoms with E-state index >= 15 is 0 Å². The van der Waals surface area contributed by atoms with Crippen LogP contribution in [0.1, 0.15) is 25.3 Å². The summed E-state index contributed by atoms with van der Waals surface area (Å²) < 4.78 is 13.1. The number of benzene rings is 2. The Balaban J connectivity index is 1.80. The molecule has 2 aromatic rings. The molecule has 5 heteroatoms. The molecule has 1 fully saturated rings. The van der Waals surface area contributed by atoms with Gasteiger partial charge in [0.2, 0.25) is 11.8 Å². The molecular formula is C21H23FN2O2. The van der Waals surface area contributed by atoms with Crippen molar-refractivity contribution in [3.8, 4) is 0 Å². The second-order valence-corrected chi connectivity index (χ2v) is 6.71. The van der Waals surface area contributed by atoms with Gasteiger partial charge in [-0.05, 0) is 55.3 Å². The number of aryl methyl sites for hydroxylation is 1. The number of amides is 2. The first-order chi connectivity index (χ1) is 12.5. The summed E-state index contributed by atoms with van der Waals surface area (Å²) in [7, 11) is 0. The predicted octanol–water partition coefficient (Wildman–Crippen LogP) is 3.93. The number of hydrogen-bond donors (Lipinski definition) is 0. The summed E-state index contributed by atoms with van der Waals surface area (Å²) in [5.41, 5.74) is 2.58. The molecule has 3 rings (SSSR count).